The van der Waals surface area contributed by atoms with E-state index in [2.05, 4.69) is 16.9 Å². The van der Waals surface area contributed by atoms with E-state index < -0.39 is 5.97 Å². The van der Waals surface area contributed by atoms with Crippen LogP contribution in [-0.2, 0) is 24.1 Å². The first-order chi connectivity index (χ1) is 14.3. The summed E-state index contributed by atoms with van der Waals surface area (Å²) in [5.74, 6) is -0.114. The molecule has 0 spiro atoms. The average molecular weight is 428 g/mol. The van der Waals surface area contributed by atoms with Crippen LogP contribution < -0.4 is 5.56 Å². The number of thiophene rings is 1. The molecule has 0 bridgehead atoms. The number of aromatic amines is 1. The third kappa shape index (κ3) is 3.39. The van der Waals surface area contributed by atoms with Crippen molar-refractivity contribution in [1.29, 1.82) is 0 Å². The first-order valence-electron chi connectivity index (χ1n) is 10.2. The van der Waals surface area contributed by atoms with Crippen LogP contribution >= 0.6 is 11.3 Å². The molecular formula is C22H25N3O4S. The highest BCUT2D eigenvalue weighted by Gasteiger charge is 2.25. The van der Waals surface area contributed by atoms with Crippen molar-refractivity contribution >= 4 is 33.3 Å². The Morgan fingerprint density at radius 3 is 2.87 bits per heavy atom. The highest BCUT2D eigenvalue weighted by Crippen LogP contribution is 2.35. The number of rotatable bonds is 5. The van der Waals surface area contributed by atoms with Crippen molar-refractivity contribution in [2.75, 3.05) is 6.61 Å². The molecule has 7 nitrogen and oxygen atoms in total. The molecule has 3 heterocycles. The molecule has 158 valence electrons. The van der Waals surface area contributed by atoms with Gasteiger partial charge in [-0.2, -0.15) is 0 Å². The summed E-state index contributed by atoms with van der Waals surface area (Å²) in [6, 6.07) is 0. The minimum absolute atomic E-state index is 0.120. The fourth-order valence-electron chi connectivity index (χ4n) is 4.29. The van der Waals surface area contributed by atoms with Gasteiger partial charge in [0.05, 0.1) is 24.9 Å². The second-order valence-corrected chi connectivity index (χ2v) is 9.06. The van der Waals surface area contributed by atoms with E-state index in [4.69, 9.17) is 4.74 Å². The largest absolute Gasteiger partial charge is 0.461 e. The van der Waals surface area contributed by atoms with Crippen molar-refractivity contribution in [2.45, 2.75) is 53.5 Å². The fraction of sp³-hybridized carbons (Fsp3) is 0.455. The predicted octanol–water partition coefficient (Wildman–Crippen LogP) is 3.59. The molecule has 0 radical (unpaired) electrons. The molecule has 3 aromatic heterocycles. The number of fused-ring (bicyclic) bond motifs is 3. The monoisotopic (exact) mass is 427 g/mol. The summed E-state index contributed by atoms with van der Waals surface area (Å²) in [5.41, 5.74) is 2.76. The number of H-pyrrole nitrogens is 1. The summed E-state index contributed by atoms with van der Waals surface area (Å²) >= 11 is 1.59. The minimum Gasteiger partial charge on any atom is -0.461 e. The number of aryl methyl sites for hydroxylation is 2. The Morgan fingerprint density at radius 1 is 1.37 bits per heavy atom. The lowest BCUT2D eigenvalue weighted by molar-refractivity contribution is 0.0519. The maximum absolute atomic E-state index is 13.2. The van der Waals surface area contributed by atoms with Gasteiger partial charge in [-0.15, -0.1) is 11.3 Å². The van der Waals surface area contributed by atoms with Gasteiger partial charge in [-0.25, -0.2) is 9.78 Å². The molecule has 30 heavy (non-hydrogen) atoms. The second-order valence-electron chi connectivity index (χ2n) is 7.98. The molecule has 0 fully saturated rings. The van der Waals surface area contributed by atoms with Crippen molar-refractivity contribution in [2.24, 2.45) is 5.92 Å². The number of hydrogen-bond donors (Lipinski definition) is 1. The normalized spacial score (nSPS) is 15.9. The van der Waals surface area contributed by atoms with E-state index in [9.17, 15) is 14.4 Å². The highest BCUT2D eigenvalue weighted by atomic mass is 32.1. The van der Waals surface area contributed by atoms with Gasteiger partial charge in [0.15, 0.2) is 5.78 Å². The van der Waals surface area contributed by atoms with Crippen LogP contribution in [0.5, 0.6) is 0 Å². The van der Waals surface area contributed by atoms with Gasteiger partial charge in [0.2, 0.25) is 0 Å². The predicted molar refractivity (Wildman–Crippen MR) is 116 cm³/mol. The number of carbonyl (C=O) groups excluding carboxylic acids is 2. The lowest BCUT2D eigenvalue weighted by Gasteiger charge is -2.17. The summed E-state index contributed by atoms with van der Waals surface area (Å²) < 4.78 is 6.43. The van der Waals surface area contributed by atoms with Crippen molar-refractivity contribution in [3.63, 3.8) is 0 Å². The third-order valence-corrected chi connectivity index (χ3v) is 6.95. The van der Waals surface area contributed by atoms with E-state index in [1.54, 1.807) is 32.1 Å². The maximum atomic E-state index is 13.2. The highest BCUT2D eigenvalue weighted by molar-refractivity contribution is 7.18. The van der Waals surface area contributed by atoms with Crippen LogP contribution in [0.3, 0.4) is 0 Å². The first-order valence-corrected chi connectivity index (χ1v) is 11.0. The molecule has 1 N–H and O–H groups in total. The first kappa shape index (κ1) is 20.5. The number of carbonyl (C=O) groups is 2. The van der Waals surface area contributed by atoms with Crippen LogP contribution in [0.2, 0.25) is 0 Å². The van der Waals surface area contributed by atoms with Gasteiger partial charge >= 0.3 is 5.97 Å². The molecule has 1 aliphatic rings. The molecule has 0 amide bonds. The Bertz CT molecular complexity index is 1220. The molecule has 1 atom stereocenters. The fourth-order valence-corrected chi connectivity index (χ4v) is 5.63. The van der Waals surface area contributed by atoms with Crippen LogP contribution in [0.1, 0.15) is 62.8 Å². The zero-order valence-electron chi connectivity index (χ0n) is 17.6. The maximum Gasteiger partial charge on any atom is 0.355 e. The summed E-state index contributed by atoms with van der Waals surface area (Å²) in [4.78, 5) is 47.8. The minimum atomic E-state index is -0.489. The van der Waals surface area contributed by atoms with Crippen LogP contribution in [0.25, 0.3) is 10.2 Å². The van der Waals surface area contributed by atoms with E-state index in [0.717, 1.165) is 29.7 Å². The van der Waals surface area contributed by atoms with Gasteiger partial charge in [-0.3, -0.25) is 14.2 Å². The van der Waals surface area contributed by atoms with E-state index in [-0.39, 0.29) is 30.2 Å². The number of nitrogens with one attached hydrogen (secondary N) is 1. The topological polar surface area (TPSA) is 94.1 Å². The zero-order chi connectivity index (χ0) is 21.6. The number of nitrogens with zero attached hydrogens (tertiary/aromatic N) is 2. The molecule has 0 aliphatic heterocycles. The number of aromatic nitrogens is 3. The standard InChI is InChI=1S/C22H25N3O4S/c1-5-29-22(28)19-12(3)17(13(4)24-19)15(26)9-25-10-23-20-18(21(25)27)14-7-6-11(2)8-16(14)30-20/h10-11,24H,5-9H2,1-4H3. The Hall–Kier alpha value is -2.74. The SMILES string of the molecule is CCOC(=O)c1[nH]c(C)c(C(=O)Cn2cnc3sc4c(c3c2=O)CCC(C)C4)c1C. The molecule has 3 aromatic rings. The summed E-state index contributed by atoms with van der Waals surface area (Å²) in [6.07, 6.45) is 4.37. The van der Waals surface area contributed by atoms with E-state index >= 15 is 0 Å². The number of ether oxygens (including phenoxy) is 1. The van der Waals surface area contributed by atoms with Crippen LogP contribution in [0.15, 0.2) is 11.1 Å². The molecule has 4 rings (SSSR count). The van der Waals surface area contributed by atoms with Gasteiger partial charge in [-0.05, 0) is 57.1 Å². The summed E-state index contributed by atoms with van der Waals surface area (Å²) in [6.45, 7) is 7.54. The Labute approximate surface area is 178 Å². The van der Waals surface area contributed by atoms with Gasteiger partial charge in [-0.1, -0.05) is 6.92 Å². The average Bonchev–Trinajstić information content (AvgIpc) is 3.20. The van der Waals surface area contributed by atoms with Crippen molar-refractivity contribution in [3.05, 3.63) is 49.6 Å². The number of hydrogen-bond acceptors (Lipinski definition) is 6. The lowest BCUT2D eigenvalue weighted by atomic mass is 9.89. The van der Waals surface area contributed by atoms with Gasteiger partial charge < -0.3 is 9.72 Å². The summed E-state index contributed by atoms with van der Waals surface area (Å²) in [7, 11) is 0. The van der Waals surface area contributed by atoms with E-state index in [0.29, 0.717) is 28.1 Å². The molecule has 0 aromatic carbocycles. The van der Waals surface area contributed by atoms with Crippen LogP contribution in [-0.4, -0.2) is 32.9 Å². The molecular weight excluding hydrogens is 402 g/mol. The Morgan fingerprint density at radius 2 is 2.13 bits per heavy atom. The van der Waals surface area contributed by atoms with Crippen molar-refractivity contribution < 1.29 is 14.3 Å². The lowest BCUT2D eigenvalue weighted by Crippen LogP contribution is -2.25. The quantitative estimate of drug-likeness (QED) is 0.496. The molecule has 8 heteroatoms. The number of ketones is 1. The van der Waals surface area contributed by atoms with Gasteiger partial charge in [0.1, 0.15) is 10.5 Å². The van der Waals surface area contributed by atoms with Gasteiger partial charge in [0, 0.05) is 16.1 Å². The smallest absolute Gasteiger partial charge is 0.355 e. The molecule has 0 saturated carbocycles. The van der Waals surface area contributed by atoms with E-state index in [1.165, 1.54) is 15.8 Å². The van der Waals surface area contributed by atoms with Crippen LogP contribution in [0, 0.1) is 19.8 Å². The van der Waals surface area contributed by atoms with Gasteiger partial charge in [0.25, 0.3) is 5.56 Å². The molecule has 1 unspecified atom stereocenters. The summed E-state index contributed by atoms with van der Waals surface area (Å²) in [5, 5.41) is 0.659. The Kier molecular flexibility index (Phi) is 5.36. The Balaban J connectivity index is 1.68. The molecule has 0 saturated heterocycles. The van der Waals surface area contributed by atoms with Crippen LogP contribution in [0.4, 0.5) is 0 Å². The van der Waals surface area contributed by atoms with Crippen molar-refractivity contribution in [1.82, 2.24) is 14.5 Å². The third-order valence-electron chi connectivity index (χ3n) is 5.79. The number of Topliss-reactive ketones (excluding diaryl/α,β-unsaturated/α-hetero) is 1. The van der Waals surface area contributed by atoms with Crippen molar-refractivity contribution in [3.8, 4) is 0 Å². The zero-order valence-corrected chi connectivity index (χ0v) is 18.4. The number of esters is 1. The second kappa shape index (κ2) is 7.83. The van der Waals surface area contributed by atoms with E-state index in [1.807, 2.05) is 0 Å². The molecule has 1 aliphatic carbocycles.